The summed E-state index contributed by atoms with van der Waals surface area (Å²) in [7, 11) is 0. The standard InChI is InChI=1S/C24H22Cl3N3O2/c25-24(26,27)23(28-22(32)19-8-3-6-16-5-1-2-7-18(16)19)29-12-15-11-17(14-29)20-9-4-10-21(31)30(20)13-15/h1-10,15,17,23H,11-14H2,(H,28,32)/t15-,17-,23?/m1/s1. The molecule has 0 radical (unpaired) electrons. The molecule has 5 rings (SSSR count). The number of pyridine rings is 1. The number of nitrogens with zero attached hydrogens (tertiary/aromatic N) is 2. The molecule has 8 heteroatoms. The molecule has 1 aromatic heterocycles. The predicted octanol–water partition coefficient (Wildman–Crippen LogP) is 4.55. The maximum atomic E-state index is 13.3. The SMILES string of the molecule is O=C(NC(N1C[C@H]2C[C@H](C1)c1cccc(=O)n1C2)C(Cl)(Cl)Cl)c1cccc2ccccc12. The van der Waals surface area contributed by atoms with Crippen molar-refractivity contribution in [2.75, 3.05) is 13.1 Å². The minimum Gasteiger partial charge on any atom is -0.332 e. The molecular weight excluding hydrogens is 469 g/mol. The van der Waals surface area contributed by atoms with Crippen LogP contribution in [0.25, 0.3) is 10.8 Å². The maximum absolute atomic E-state index is 13.3. The van der Waals surface area contributed by atoms with Crippen LogP contribution in [-0.2, 0) is 6.54 Å². The fourth-order valence-electron chi connectivity index (χ4n) is 5.15. The van der Waals surface area contributed by atoms with E-state index in [0.29, 0.717) is 25.2 Å². The molecule has 3 aromatic rings. The Balaban J connectivity index is 1.44. The molecule has 3 heterocycles. The van der Waals surface area contributed by atoms with Crippen LogP contribution in [0.2, 0.25) is 0 Å². The zero-order chi connectivity index (χ0) is 22.5. The monoisotopic (exact) mass is 489 g/mol. The number of nitrogens with one attached hydrogen (secondary N) is 1. The summed E-state index contributed by atoms with van der Waals surface area (Å²) in [5, 5.41) is 4.80. The molecule has 5 nitrogen and oxygen atoms in total. The van der Waals surface area contributed by atoms with Gasteiger partial charge in [-0.2, -0.15) is 0 Å². The molecule has 1 saturated heterocycles. The molecule has 0 saturated carbocycles. The number of rotatable bonds is 3. The van der Waals surface area contributed by atoms with Gasteiger partial charge in [-0.25, -0.2) is 0 Å². The van der Waals surface area contributed by atoms with E-state index in [-0.39, 0.29) is 23.3 Å². The van der Waals surface area contributed by atoms with Crippen molar-refractivity contribution in [3.8, 4) is 0 Å². The van der Waals surface area contributed by atoms with Crippen LogP contribution < -0.4 is 10.9 Å². The smallest absolute Gasteiger partial charge is 0.253 e. The largest absolute Gasteiger partial charge is 0.332 e. The lowest BCUT2D eigenvalue weighted by Crippen LogP contribution is -2.60. The third kappa shape index (κ3) is 4.03. The number of amides is 1. The molecule has 3 atom stereocenters. The second-order valence-electron chi connectivity index (χ2n) is 8.60. The molecule has 1 N–H and O–H groups in total. The lowest BCUT2D eigenvalue weighted by molar-refractivity contribution is 0.0587. The Morgan fingerprint density at radius 3 is 2.53 bits per heavy atom. The summed E-state index contributed by atoms with van der Waals surface area (Å²) in [5.74, 6) is 0.0943. The number of aromatic nitrogens is 1. The van der Waals surface area contributed by atoms with E-state index in [9.17, 15) is 9.59 Å². The summed E-state index contributed by atoms with van der Waals surface area (Å²) in [4.78, 5) is 27.6. The summed E-state index contributed by atoms with van der Waals surface area (Å²) in [5.41, 5.74) is 1.56. The van der Waals surface area contributed by atoms with Crippen LogP contribution in [0.1, 0.15) is 28.4 Å². The van der Waals surface area contributed by atoms with E-state index in [0.717, 1.165) is 22.9 Å². The Bertz CT molecular complexity index is 1230. The van der Waals surface area contributed by atoms with Crippen molar-refractivity contribution in [1.29, 1.82) is 0 Å². The van der Waals surface area contributed by atoms with Gasteiger partial charge in [0.25, 0.3) is 11.5 Å². The van der Waals surface area contributed by atoms with Crippen molar-refractivity contribution in [2.45, 2.75) is 28.8 Å². The molecule has 1 fully saturated rings. The zero-order valence-electron chi connectivity index (χ0n) is 17.2. The number of alkyl halides is 3. The van der Waals surface area contributed by atoms with Crippen LogP contribution in [0.4, 0.5) is 0 Å². The molecule has 0 aliphatic carbocycles. The van der Waals surface area contributed by atoms with Gasteiger partial charge in [-0.15, -0.1) is 0 Å². The van der Waals surface area contributed by atoms with E-state index >= 15 is 0 Å². The Morgan fingerprint density at radius 2 is 1.72 bits per heavy atom. The van der Waals surface area contributed by atoms with Gasteiger partial charge in [-0.05, 0) is 35.2 Å². The minimum atomic E-state index is -1.72. The molecule has 166 valence electrons. The lowest BCUT2D eigenvalue weighted by atomic mass is 9.83. The van der Waals surface area contributed by atoms with Crippen LogP contribution in [0.15, 0.2) is 65.5 Å². The van der Waals surface area contributed by atoms with Crippen LogP contribution in [0.5, 0.6) is 0 Å². The second kappa shape index (κ2) is 8.38. The highest BCUT2D eigenvalue weighted by Crippen LogP contribution is 2.40. The summed E-state index contributed by atoms with van der Waals surface area (Å²) >= 11 is 19.2. The van der Waals surface area contributed by atoms with Crippen LogP contribution in [-0.4, -0.2) is 38.4 Å². The Labute approximate surface area is 200 Å². The van der Waals surface area contributed by atoms with E-state index < -0.39 is 9.96 Å². The summed E-state index contributed by atoms with van der Waals surface area (Å²) in [6.07, 6.45) is 0.176. The molecular formula is C24H22Cl3N3O2. The number of carbonyl (C=O) groups is 1. The van der Waals surface area contributed by atoms with Gasteiger partial charge in [-0.1, -0.05) is 77.3 Å². The Morgan fingerprint density at radius 1 is 0.969 bits per heavy atom. The van der Waals surface area contributed by atoms with Gasteiger partial charge in [0.1, 0.15) is 6.17 Å². The highest BCUT2D eigenvalue weighted by atomic mass is 35.6. The van der Waals surface area contributed by atoms with E-state index in [1.165, 1.54) is 0 Å². The number of likely N-dealkylation sites (tertiary alicyclic amines) is 1. The molecule has 0 spiro atoms. The van der Waals surface area contributed by atoms with Crippen molar-refractivity contribution >= 4 is 51.5 Å². The van der Waals surface area contributed by atoms with Gasteiger partial charge in [0.2, 0.25) is 3.79 Å². The zero-order valence-corrected chi connectivity index (χ0v) is 19.4. The van der Waals surface area contributed by atoms with Gasteiger partial charge < -0.3 is 9.88 Å². The van der Waals surface area contributed by atoms with Gasteiger partial charge in [0.15, 0.2) is 0 Å². The van der Waals surface area contributed by atoms with E-state index in [1.807, 2.05) is 51.9 Å². The number of benzene rings is 2. The number of halogens is 3. The summed E-state index contributed by atoms with van der Waals surface area (Å²) in [6, 6.07) is 18.7. The number of hydrogen-bond acceptors (Lipinski definition) is 3. The minimum absolute atomic E-state index is 0.0211. The molecule has 2 aliphatic rings. The first-order valence-electron chi connectivity index (χ1n) is 10.6. The van der Waals surface area contributed by atoms with Gasteiger partial charge >= 0.3 is 0 Å². The molecule has 1 unspecified atom stereocenters. The third-order valence-corrected chi connectivity index (χ3v) is 7.11. The number of fused-ring (bicyclic) bond motifs is 5. The van der Waals surface area contributed by atoms with Crippen LogP contribution in [0.3, 0.4) is 0 Å². The van der Waals surface area contributed by atoms with E-state index in [4.69, 9.17) is 34.8 Å². The molecule has 2 aliphatic heterocycles. The van der Waals surface area contributed by atoms with Gasteiger partial charge in [-0.3, -0.25) is 14.5 Å². The molecule has 2 bridgehead atoms. The first-order chi connectivity index (χ1) is 15.3. The quantitative estimate of drug-likeness (QED) is 0.548. The van der Waals surface area contributed by atoms with Crippen LogP contribution >= 0.6 is 34.8 Å². The first-order valence-corrected chi connectivity index (χ1v) is 11.7. The molecule has 1 amide bonds. The summed E-state index contributed by atoms with van der Waals surface area (Å²) in [6.45, 7) is 1.85. The first kappa shape index (κ1) is 21.8. The second-order valence-corrected chi connectivity index (χ2v) is 11.0. The van der Waals surface area contributed by atoms with Crippen molar-refractivity contribution in [1.82, 2.24) is 14.8 Å². The Kier molecular flexibility index (Phi) is 5.70. The molecule has 2 aromatic carbocycles. The predicted molar refractivity (Wildman–Crippen MR) is 129 cm³/mol. The maximum Gasteiger partial charge on any atom is 0.253 e. The van der Waals surface area contributed by atoms with Gasteiger partial charge in [0.05, 0.1) is 0 Å². The molecule has 32 heavy (non-hydrogen) atoms. The van der Waals surface area contributed by atoms with Crippen molar-refractivity contribution < 1.29 is 4.79 Å². The average molecular weight is 491 g/mol. The number of piperidine rings is 1. The normalized spacial score (nSPS) is 21.7. The fraction of sp³-hybridized carbons (Fsp3) is 0.333. The highest BCUT2D eigenvalue weighted by Gasteiger charge is 2.44. The van der Waals surface area contributed by atoms with E-state index in [2.05, 4.69) is 5.32 Å². The Hall–Kier alpha value is -2.05. The van der Waals surface area contributed by atoms with Crippen molar-refractivity contribution in [2.24, 2.45) is 5.92 Å². The van der Waals surface area contributed by atoms with Crippen molar-refractivity contribution in [3.05, 3.63) is 82.3 Å². The topological polar surface area (TPSA) is 54.3 Å². The third-order valence-electron chi connectivity index (χ3n) is 6.49. The van der Waals surface area contributed by atoms with Crippen LogP contribution in [0, 0.1) is 5.92 Å². The van der Waals surface area contributed by atoms with Crippen molar-refractivity contribution in [3.63, 3.8) is 0 Å². The number of hydrogen-bond donors (Lipinski definition) is 1. The van der Waals surface area contributed by atoms with E-state index in [1.54, 1.807) is 18.2 Å². The average Bonchev–Trinajstić information content (AvgIpc) is 2.77. The lowest BCUT2D eigenvalue weighted by Gasteiger charge is -2.47. The number of carbonyl (C=O) groups excluding carboxylic acids is 1. The fourth-order valence-corrected chi connectivity index (χ4v) is 5.73. The summed E-state index contributed by atoms with van der Waals surface area (Å²) < 4.78 is 0.136. The van der Waals surface area contributed by atoms with Gasteiger partial charge in [0, 0.05) is 42.9 Å². The highest BCUT2D eigenvalue weighted by molar-refractivity contribution is 6.68.